The van der Waals surface area contributed by atoms with E-state index in [0.717, 1.165) is 0 Å². The van der Waals surface area contributed by atoms with Gasteiger partial charge in [-0.05, 0) is 26.8 Å². The highest BCUT2D eigenvalue weighted by molar-refractivity contribution is 7.93. The van der Waals surface area contributed by atoms with Gasteiger partial charge in [-0.2, -0.15) is 0 Å². The molecule has 1 N–H and O–H groups in total. The summed E-state index contributed by atoms with van der Waals surface area (Å²) in [5.41, 5.74) is 0.548. The lowest BCUT2D eigenvalue weighted by molar-refractivity contribution is 0.00154. The van der Waals surface area contributed by atoms with Gasteiger partial charge in [0.25, 0.3) is 5.88 Å². The van der Waals surface area contributed by atoms with Crippen molar-refractivity contribution >= 4 is 27.6 Å². The Balaban J connectivity index is 1.73. The Morgan fingerprint density at radius 1 is 1.19 bits per heavy atom. The van der Waals surface area contributed by atoms with Crippen LogP contribution in [0.5, 0.6) is 11.6 Å². The first-order chi connectivity index (χ1) is 17.7. The zero-order valence-corrected chi connectivity index (χ0v) is 22.5. The summed E-state index contributed by atoms with van der Waals surface area (Å²) >= 11 is 5.91. The Hall–Kier alpha value is -3.07. The van der Waals surface area contributed by atoms with E-state index in [-0.39, 0.29) is 37.0 Å². The number of pyridine rings is 1. The summed E-state index contributed by atoms with van der Waals surface area (Å²) in [5.74, 6) is 1.21. The van der Waals surface area contributed by atoms with E-state index in [1.807, 2.05) is 0 Å². The zero-order valence-electron chi connectivity index (χ0n) is 21.0. The van der Waals surface area contributed by atoms with Crippen molar-refractivity contribution in [3.63, 3.8) is 0 Å². The van der Waals surface area contributed by atoms with Crippen LogP contribution in [0.1, 0.15) is 38.7 Å². The van der Waals surface area contributed by atoms with Gasteiger partial charge in [-0.1, -0.05) is 11.6 Å². The summed E-state index contributed by atoms with van der Waals surface area (Å²) in [6.07, 6.45) is 3.05. The van der Waals surface area contributed by atoms with E-state index in [9.17, 15) is 8.42 Å². The van der Waals surface area contributed by atoms with Crippen LogP contribution < -0.4 is 14.2 Å². The molecule has 0 aromatic carbocycles. The molecule has 13 nitrogen and oxygen atoms in total. The molecule has 200 valence electrons. The maximum Gasteiger partial charge on any atom is 0.257 e. The number of nitrogens with one attached hydrogen (secondary N) is 1. The Bertz CT molecular complexity index is 1340. The molecular weight excluding hydrogens is 526 g/mol. The average molecular weight is 554 g/mol. The molecule has 0 spiro atoms. The van der Waals surface area contributed by atoms with Crippen molar-refractivity contribution in [3.8, 4) is 23.0 Å². The highest BCUT2D eigenvalue weighted by atomic mass is 35.5. The van der Waals surface area contributed by atoms with Crippen molar-refractivity contribution in [3.05, 3.63) is 35.5 Å². The molecule has 1 aliphatic heterocycles. The van der Waals surface area contributed by atoms with E-state index >= 15 is 0 Å². The summed E-state index contributed by atoms with van der Waals surface area (Å²) in [7, 11) is -1.07. The van der Waals surface area contributed by atoms with Gasteiger partial charge in [-0.15, -0.1) is 10.2 Å². The maximum atomic E-state index is 13.6. The van der Waals surface area contributed by atoms with Crippen LogP contribution >= 0.6 is 11.6 Å². The molecule has 37 heavy (non-hydrogen) atoms. The molecule has 0 fully saturated rings. The van der Waals surface area contributed by atoms with Gasteiger partial charge in [-0.3, -0.25) is 9.29 Å². The van der Waals surface area contributed by atoms with Crippen LogP contribution in [-0.4, -0.2) is 76.9 Å². The minimum Gasteiger partial charge on any atom is -0.485 e. The van der Waals surface area contributed by atoms with Gasteiger partial charge in [0.1, 0.15) is 18.0 Å². The number of methoxy groups -OCH3 is 2. The maximum absolute atomic E-state index is 13.6. The van der Waals surface area contributed by atoms with Crippen LogP contribution in [0.4, 0.5) is 5.95 Å². The third-order valence-electron chi connectivity index (χ3n) is 5.61. The second-order valence-corrected chi connectivity index (χ2v) is 11.0. The van der Waals surface area contributed by atoms with Crippen LogP contribution in [0, 0.1) is 0 Å². The summed E-state index contributed by atoms with van der Waals surface area (Å²) in [5, 5.41) is 7.64. The molecule has 0 radical (unpaired) electrons. The van der Waals surface area contributed by atoms with Crippen molar-refractivity contribution in [2.45, 2.75) is 44.3 Å². The number of rotatable bonds is 10. The average Bonchev–Trinajstić information content (AvgIpc) is 3.19. The van der Waals surface area contributed by atoms with Crippen LogP contribution in [-0.2, 0) is 19.5 Å². The monoisotopic (exact) mass is 553 g/mol. The highest BCUT2D eigenvalue weighted by Gasteiger charge is 2.37. The number of fused-ring (bicyclic) bond motifs is 3. The van der Waals surface area contributed by atoms with E-state index in [4.69, 9.17) is 30.5 Å². The van der Waals surface area contributed by atoms with Crippen molar-refractivity contribution in [1.82, 2.24) is 29.7 Å². The minimum atomic E-state index is -4.09. The first kappa shape index (κ1) is 27.0. The largest absolute Gasteiger partial charge is 0.485 e. The Morgan fingerprint density at radius 2 is 1.92 bits per heavy atom. The SMILES string of the molecule is COC[C@@H]1COc2c(ccnc2OC)-c2nnc(NS(=O)(=O)C(C)C(OC(C)C)c3ncc(Cl)cn3)n21. The second kappa shape index (κ2) is 11.1. The molecule has 3 aromatic heterocycles. The van der Waals surface area contributed by atoms with E-state index in [1.54, 1.807) is 30.7 Å². The van der Waals surface area contributed by atoms with Gasteiger partial charge in [0.05, 0.1) is 36.4 Å². The molecule has 0 bridgehead atoms. The third kappa shape index (κ3) is 5.61. The van der Waals surface area contributed by atoms with Crippen molar-refractivity contribution in [1.29, 1.82) is 0 Å². The smallest absolute Gasteiger partial charge is 0.257 e. The third-order valence-corrected chi connectivity index (χ3v) is 7.50. The summed E-state index contributed by atoms with van der Waals surface area (Å²) in [4.78, 5) is 12.5. The summed E-state index contributed by atoms with van der Waals surface area (Å²) in [6.45, 7) is 5.44. The molecule has 0 amide bonds. The van der Waals surface area contributed by atoms with Gasteiger partial charge in [0.15, 0.2) is 17.4 Å². The molecule has 0 saturated heterocycles. The number of sulfonamides is 1. The molecule has 1 aliphatic rings. The lowest BCUT2D eigenvalue weighted by atomic mass is 10.2. The summed E-state index contributed by atoms with van der Waals surface area (Å²) < 4.78 is 54.0. The van der Waals surface area contributed by atoms with E-state index in [1.165, 1.54) is 33.5 Å². The van der Waals surface area contributed by atoms with Gasteiger partial charge < -0.3 is 18.9 Å². The number of anilines is 1. The van der Waals surface area contributed by atoms with Gasteiger partial charge in [0.2, 0.25) is 16.0 Å². The van der Waals surface area contributed by atoms with Gasteiger partial charge >= 0.3 is 0 Å². The molecule has 3 aromatic rings. The molecule has 15 heteroatoms. The Morgan fingerprint density at radius 3 is 2.57 bits per heavy atom. The topological polar surface area (TPSA) is 152 Å². The van der Waals surface area contributed by atoms with Gasteiger partial charge in [0, 0.05) is 25.7 Å². The normalized spacial score (nSPS) is 16.8. The predicted molar refractivity (Wildman–Crippen MR) is 134 cm³/mol. The second-order valence-electron chi connectivity index (χ2n) is 8.55. The molecule has 3 atom stereocenters. The number of nitrogens with zero attached hydrogens (tertiary/aromatic N) is 6. The molecule has 2 unspecified atom stereocenters. The number of halogens is 1. The Labute approximate surface area is 219 Å². The van der Waals surface area contributed by atoms with Crippen LogP contribution in [0.3, 0.4) is 0 Å². The lowest BCUT2D eigenvalue weighted by Gasteiger charge is -2.26. The van der Waals surface area contributed by atoms with E-state index < -0.39 is 27.4 Å². The number of ether oxygens (including phenoxy) is 4. The predicted octanol–water partition coefficient (Wildman–Crippen LogP) is 2.67. The van der Waals surface area contributed by atoms with Crippen molar-refractivity contribution < 1.29 is 27.4 Å². The number of aromatic nitrogens is 6. The van der Waals surface area contributed by atoms with Gasteiger partial charge in [-0.25, -0.2) is 23.4 Å². The van der Waals surface area contributed by atoms with Crippen molar-refractivity contribution in [2.75, 3.05) is 32.2 Å². The fourth-order valence-corrected chi connectivity index (χ4v) is 5.06. The molecule has 0 saturated carbocycles. The molecular formula is C22H28ClN7O6S. The molecule has 4 heterocycles. The quantitative estimate of drug-likeness (QED) is 0.394. The highest BCUT2D eigenvalue weighted by Crippen LogP contribution is 2.40. The molecule has 4 rings (SSSR count). The van der Waals surface area contributed by atoms with Crippen LogP contribution in [0.2, 0.25) is 5.02 Å². The first-order valence-corrected chi connectivity index (χ1v) is 13.3. The number of hydrogen-bond acceptors (Lipinski definition) is 11. The van der Waals surface area contributed by atoms with Crippen LogP contribution in [0.15, 0.2) is 24.7 Å². The fourth-order valence-electron chi connectivity index (χ4n) is 3.88. The summed E-state index contributed by atoms with van der Waals surface area (Å²) in [6, 6.07) is 1.24. The Kier molecular flexibility index (Phi) is 8.11. The van der Waals surface area contributed by atoms with Crippen molar-refractivity contribution in [2.24, 2.45) is 0 Å². The molecule has 0 aliphatic carbocycles. The van der Waals surface area contributed by atoms with E-state index in [0.29, 0.717) is 22.2 Å². The van der Waals surface area contributed by atoms with E-state index in [2.05, 4.69) is 29.9 Å². The minimum absolute atomic E-state index is 0.00329. The zero-order chi connectivity index (χ0) is 26.7. The fraction of sp³-hybridized carbons (Fsp3) is 0.500. The number of hydrogen-bond donors (Lipinski definition) is 1. The van der Waals surface area contributed by atoms with Crippen LogP contribution in [0.25, 0.3) is 11.4 Å². The lowest BCUT2D eigenvalue weighted by Crippen LogP contribution is -2.35. The standard InChI is InChI=1S/C22H28ClN7O6S/c1-12(2)36-17(19-25-8-14(23)9-26-19)13(3)37(31,32)29-22-28-27-20-16-6-7-24-21(34-5)18(16)35-11-15(10-33-4)30(20)22/h6-9,12-13,15,17H,10-11H2,1-5H3,(H,28,29)/t13?,15-,17?/m1/s1. The first-order valence-electron chi connectivity index (χ1n) is 11.4.